The molecule has 16 nitrogen and oxygen atoms in total. The molecule has 326 valence electrons. The van der Waals surface area contributed by atoms with Crippen LogP contribution in [0.2, 0.25) is 0 Å². The van der Waals surface area contributed by atoms with E-state index in [2.05, 4.69) is 20.1 Å². The second kappa shape index (κ2) is 16.3. The van der Waals surface area contributed by atoms with Crippen molar-refractivity contribution >= 4 is 55.5 Å². The average Bonchev–Trinajstić information content (AvgIpc) is 3.55. The number of nitrogens with zero attached hydrogens (tertiary/aromatic N) is 8. The van der Waals surface area contributed by atoms with Crippen LogP contribution in [0.25, 0.3) is 21.8 Å². The number of piperidine rings is 1. The van der Waals surface area contributed by atoms with Gasteiger partial charge >= 0.3 is 16.2 Å². The van der Waals surface area contributed by atoms with Crippen molar-refractivity contribution in [2.45, 2.75) is 69.4 Å². The number of amides is 3. The lowest BCUT2D eigenvalue weighted by molar-refractivity contribution is -0.120. The molecular formula is C41H42F4N10O6S. The summed E-state index contributed by atoms with van der Waals surface area (Å²) in [6.45, 7) is 1.52. The Balaban J connectivity index is 0.949. The van der Waals surface area contributed by atoms with Gasteiger partial charge in [0.2, 0.25) is 5.91 Å². The van der Waals surface area contributed by atoms with E-state index in [0.29, 0.717) is 43.3 Å². The minimum Gasteiger partial charge on any atom is -0.453 e. The summed E-state index contributed by atoms with van der Waals surface area (Å²) in [5.41, 5.74) is -0.447. The lowest BCUT2D eigenvalue weighted by Crippen LogP contribution is -2.52. The average molecular weight is 879 g/mol. The Hall–Kier alpha value is -6.11. The standard InChI is InChI=1S/C41H42F4N10O6S/c1-4-51(2)62(59,60)50-34-12-10-31(42)37(29(34)20-46)61-25-9-11-33-27(17-25)39(57)55(22-47-33)24-7-5-23(6-8-24)53-15-13-30(41(44,45)21-53)26-19-35-28(18-32(26)43)38(49-52(35)3)54-16-14-36(56)48-40(54)58/h9-12,17-19,22-24,30,50H,4-8,13-16,21H2,1-3H3,(H,48,56,58)/t23?,24?,30-/m0/s1. The highest BCUT2D eigenvalue weighted by atomic mass is 32.2. The smallest absolute Gasteiger partial charge is 0.329 e. The summed E-state index contributed by atoms with van der Waals surface area (Å²) in [7, 11) is -1.14. The number of ether oxygens (including phenoxy) is 1. The van der Waals surface area contributed by atoms with Crippen molar-refractivity contribution in [3.63, 3.8) is 0 Å². The predicted molar refractivity (Wildman–Crippen MR) is 219 cm³/mol. The van der Waals surface area contributed by atoms with E-state index < -0.39 is 69.0 Å². The van der Waals surface area contributed by atoms with Gasteiger partial charge in [-0.3, -0.25) is 38.7 Å². The highest BCUT2D eigenvalue weighted by Gasteiger charge is 2.48. The lowest BCUT2D eigenvalue weighted by Gasteiger charge is -2.44. The van der Waals surface area contributed by atoms with Gasteiger partial charge in [0.15, 0.2) is 17.4 Å². The number of alkyl halides is 2. The summed E-state index contributed by atoms with van der Waals surface area (Å²) in [4.78, 5) is 45.5. The van der Waals surface area contributed by atoms with Crippen molar-refractivity contribution in [1.82, 2.24) is 33.9 Å². The molecule has 5 aromatic rings. The third-order valence-corrected chi connectivity index (χ3v) is 13.7. The lowest BCUT2D eigenvalue weighted by atomic mass is 9.83. The minimum atomic E-state index is -4.06. The molecule has 2 aromatic heterocycles. The maximum Gasteiger partial charge on any atom is 0.329 e. The van der Waals surface area contributed by atoms with Crippen LogP contribution in [-0.4, -0.2) is 94.1 Å². The number of carbonyl (C=O) groups excluding carboxylic acids is 2. The molecule has 3 amide bonds. The number of hydrogen-bond donors (Lipinski definition) is 2. The van der Waals surface area contributed by atoms with E-state index in [1.165, 1.54) is 51.8 Å². The molecule has 62 heavy (non-hydrogen) atoms. The number of fused-ring (bicyclic) bond motifs is 2. The fourth-order valence-electron chi connectivity index (χ4n) is 8.67. The minimum absolute atomic E-state index is 0.00150. The predicted octanol–water partition coefficient (Wildman–Crippen LogP) is 5.89. The molecule has 2 saturated heterocycles. The van der Waals surface area contributed by atoms with Crippen LogP contribution in [0, 0.1) is 23.0 Å². The Labute approximate surface area is 352 Å². The number of rotatable bonds is 10. The molecule has 0 bridgehead atoms. The zero-order valence-electron chi connectivity index (χ0n) is 33.9. The third kappa shape index (κ3) is 7.81. The fourth-order valence-corrected chi connectivity index (χ4v) is 9.61. The number of imide groups is 1. The molecule has 0 spiro atoms. The molecule has 0 unspecified atom stereocenters. The molecule has 21 heteroatoms. The molecule has 3 fully saturated rings. The van der Waals surface area contributed by atoms with Gasteiger partial charge < -0.3 is 4.74 Å². The number of aromatic nitrogens is 4. The number of nitrogens with one attached hydrogen (secondary N) is 2. The molecule has 3 aromatic carbocycles. The Morgan fingerprint density at radius 3 is 2.44 bits per heavy atom. The van der Waals surface area contributed by atoms with Gasteiger partial charge in [0.1, 0.15) is 23.2 Å². The molecule has 1 aliphatic carbocycles. The van der Waals surface area contributed by atoms with Gasteiger partial charge in [0.25, 0.3) is 11.5 Å². The zero-order chi connectivity index (χ0) is 44.2. The third-order valence-electron chi connectivity index (χ3n) is 12.1. The molecule has 1 atom stereocenters. The van der Waals surface area contributed by atoms with E-state index in [-0.39, 0.29) is 71.6 Å². The van der Waals surface area contributed by atoms with Crippen LogP contribution in [0.3, 0.4) is 0 Å². The van der Waals surface area contributed by atoms with Crippen LogP contribution in [0.4, 0.5) is 33.9 Å². The first-order valence-corrected chi connectivity index (χ1v) is 21.5. The van der Waals surface area contributed by atoms with Crippen LogP contribution in [0.15, 0.2) is 53.6 Å². The summed E-state index contributed by atoms with van der Waals surface area (Å²) < 4.78 is 100. The normalized spacial score (nSPS) is 21.0. The Kier molecular flexibility index (Phi) is 11.2. The maximum atomic E-state index is 16.1. The highest BCUT2D eigenvalue weighted by Crippen LogP contribution is 2.45. The SMILES string of the molecule is CCN(C)S(=O)(=O)Nc1ccc(F)c(Oc2ccc3ncn(C4CCC(N5CC[C@@H](c6cc7c(cc6F)c(N6CCC(=O)NC6=O)nn7C)C(F)(F)C5)CC4)c(=O)c3c2)c1C#N. The summed E-state index contributed by atoms with van der Waals surface area (Å²) in [5, 5.41) is 16.9. The Morgan fingerprint density at radius 1 is 1.00 bits per heavy atom. The monoisotopic (exact) mass is 878 g/mol. The number of urea groups is 1. The van der Waals surface area contributed by atoms with E-state index in [4.69, 9.17) is 4.74 Å². The molecular weight excluding hydrogens is 837 g/mol. The fraction of sp³-hybridized carbons (Fsp3) is 0.415. The van der Waals surface area contributed by atoms with E-state index >= 15 is 17.6 Å². The van der Waals surface area contributed by atoms with Gasteiger partial charge in [0.05, 0.1) is 40.9 Å². The Bertz CT molecular complexity index is 2840. The largest absolute Gasteiger partial charge is 0.453 e. The molecule has 4 heterocycles. The molecule has 2 aliphatic heterocycles. The number of carbonyl (C=O) groups is 2. The van der Waals surface area contributed by atoms with Crippen molar-refractivity contribution in [1.29, 1.82) is 5.26 Å². The second-order valence-electron chi connectivity index (χ2n) is 15.8. The van der Waals surface area contributed by atoms with Gasteiger partial charge in [-0.25, -0.2) is 27.3 Å². The first kappa shape index (κ1) is 42.6. The van der Waals surface area contributed by atoms with Crippen molar-refractivity contribution in [3.8, 4) is 17.6 Å². The van der Waals surface area contributed by atoms with Crippen molar-refractivity contribution in [2.75, 3.05) is 42.8 Å². The zero-order valence-corrected chi connectivity index (χ0v) is 34.7. The van der Waals surface area contributed by atoms with Crippen LogP contribution in [0.1, 0.15) is 68.5 Å². The number of hydrogen-bond acceptors (Lipinski definition) is 10. The molecule has 3 aliphatic rings. The van der Waals surface area contributed by atoms with E-state index in [1.807, 2.05) is 0 Å². The maximum absolute atomic E-state index is 16.1. The summed E-state index contributed by atoms with van der Waals surface area (Å²) in [5.74, 6) is -7.30. The van der Waals surface area contributed by atoms with Gasteiger partial charge in [0, 0.05) is 51.1 Å². The number of halogens is 4. The van der Waals surface area contributed by atoms with Gasteiger partial charge in [-0.2, -0.15) is 23.1 Å². The number of benzene rings is 3. The molecule has 1 saturated carbocycles. The quantitative estimate of drug-likeness (QED) is 0.160. The first-order chi connectivity index (χ1) is 29.5. The van der Waals surface area contributed by atoms with Gasteiger partial charge in [-0.1, -0.05) is 6.92 Å². The van der Waals surface area contributed by atoms with Crippen molar-refractivity contribution in [3.05, 3.63) is 81.9 Å². The summed E-state index contributed by atoms with van der Waals surface area (Å²) in [6.07, 6.45) is 3.47. The van der Waals surface area contributed by atoms with Gasteiger partial charge in [-0.15, -0.1) is 0 Å². The van der Waals surface area contributed by atoms with E-state index in [9.17, 15) is 28.1 Å². The number of nitriles is 1. The van der Waals surface area contributed by atoms with E-state index in [1.54, 1.807) is 24.9 Å². The van der Waals surface area contributed by atoms with Crippen molar-refractivity contribution < 1.29 is 40.3 Å². The first-order valence-electron chi connectivity index (χ1n) is 20.0. The van der Waals surface area contributed by atoms with Crippen LogP contribution in [0.5, 0.6) is 11.5 Å². The van der Waals surface area contributed by atoms with Gasteiger partial charge in [-0.05, 0) is 86.7 Å². The highest BCUT2D eigenvalue weighted by molar-refractivity contribution is 7.90. The van der Waals surface area contributed by atoms with Crippen LogP contribution >= 0.6 is 0 Å². The van der Waals surface area contributed by atoms with Crippen molar-refractivity contribution in [2.24, 2.45) is 7.05 Å². The second-order valence-corrected chi connectivity index (χ2v) is 17.6. The van der Waals surface area contributed by atoms with Crippen LogP contribution < -0.4 is 25.2 Å². The number of likely N-dealkylation sites (tertiary alicyclic amines) is 1. The van der Waals surface area contributed by atoms with Crippen LogP contribution in [-0.2, 0) is 22.1 Å². The molecule has 8 rings (SSSR count). The summed E-state index contributed by atoms with van der Waals surface area (Å²) in [6, 6.07) is 9.48. The summed E-state index contributed by atoms with van der Waals surface area (Å²) >= 11 is 0. The number of aryl methyl sites for hydroxylation is 1. The molecule has 2 N–H and O–H groups in total. The molecule has 0 radical (unpaired) electrons. The Morgan fingerprint density at radius 2 is 1.74 bits per heavy atom. The topological polar surface area (TPSA) is 188 Å². The van der Waals surface area contributed by atoms with E-state index in [0.717, 1.165) is 22.5 Å². The number of anilines is 2.